The van der Waals surface area contributed by atoms with Crippen LogP contribution >= 0.6 is 11.6 Å². The molecular formula is C25H21ClN6O3. The van der Waals surface area contributed by atoms with Crippen LogP contribution in [-0.2, 0) is 13.0 Å². The molecule has 0 spiro atoms. The first-order valence-corrected chi connectivity index (χ1v) is 11.2. The Bertz CT molecular complexity index is 1410. The number of aromatic nitrogens is 3. The summed E-state index contributed by atoms with van der Waals surface area (Å²) in [4.78, 5) is 21.8. The van der Waals surface area contributed by atoms with Crippen LogP contribution < -0.4 is 15.6 Å². The Labute approximate surface area is 206 Å². The van der Waals surface area contributed by atoms with Gasteiger partial charge in [-0.1, -0.05) is 30.7 Å². The highest BCUT2D eigenvalue weighted by atomic mass is 35.5. The van der Waals surface area contributed by atoms with Gasteiger partial charge in [-0.2, -0.15) is 10.3 Å². The Kier molecular flexibility index (Phi) is 7.55. The summed E-state index contributed by atoms with van der Waals surface area (Å²) in [5.41, 5.74) is 2.45. The average molecular weight is 489 g/mol. The Morgan fingerprint density at radius 1 is 1.20 bits per heavy atom. The molecule has 4 aromatic rings. The quantitative estimate of drug-likeness (QED) is 0.249. The molecule has 0 amide bonds. The molecule has 0 bridgehead atoms. The molecule has 0 aliphatic heterocycles. The highest BCUT2D eigenvalue weighted by Gasteiger charge is 2.14. The Morgan fingerprint density at radius 2 is 1.97 bits per heavy atom. The van der Waals surface area contributed by atoms with Crippen molar-refractivity contribution < 1.29 is 9.26 Å². The van der Waals surface area contributed by atoms with Gasteiger partial charge in [0.2, 0.25) is 12.1 Å². The van der Waals surface area contributed by atoms with Crippen LogP contribution in [0.5, 0.6) is 11.6 Å². The van der Waals surface area contributed by atoms with Crippen LogP contribution in [0, 0.1) is 11.5 Å². The van der Waals surface area contributed by atoms with E-state index in [9.17, 15) is 4.79 Å². The molecule has 2 aromatic carbocycles. The molecule has 0 aliphatic rings. The molecule has 0 saturated carbocycles. The number of hydrogen-bond acceptors (Lipinski definition) is 8. The fraction of sp³-hybridized carbons (Fsp3) is 0.160. The third-order valence-corrected chi connectivity index (χ3v) is 5.38. The number of anilines is 2. The molecule has 176 valence electrons. The van der Waals surface area contributed by atoms with Crippen molar-refractivity contribution >= 4 is 28.9 Å². The lowest BCUT2D eigenvalue weighted by Gasteiger charge is -2.16. The summed E-state index contributed by atoms with van der Waals surface area (Å²) >= 11 is 6.02. The van der Waals surface area contributed by atoms with E-state index in [0.717, 1.165) is 5.56 Å². The number of benzene rings is 2. The molecule has 0 radical (unpaired) electrons. The molecule has 2 heterocycles. The third kappa shape index (κ3) is 6.13. The number of nitrogens with one attached hydrogen (secondary N) is 1. The van der Waals surface area contributed by atoms with E-state index in [1.165, 1.54) is 12.5 Å². The predicted octanol–water partition coefficient (Wildman–Crippen LogP) is 5.34. The van der Waals surface area contributed by atoms with Crippen molar-refractivity contribution in [3.05, 3.63) is 93.6 Å². The standard InChI is InChI=1S/C25H21ClN6O3/c1-2-20(29-16-27)13-18-14-28-25(32(24(18)33)15-17-3-5-19(26)6-4-17)30-21-7-9-22(10-8-21)35-23-11-12-34-31-23/h3-12,14H,2,13,15H2,1H3,(H,28,30). The SMILES string of the molecule is CCC(Cc1cnc(Nc2ccc(Oc3ccon3)cc2)n(Cc2ccc(Cl)cc2)c1=O)=NC#N. The van der Waals surface area contributed by atoms with Crippen molar-refractivity contribution in [3.8, 4) is 17.8 Å². The zero-order valence-corrected chi connectivity index (χ0v) is 19.6. The largest absolute Gasteiger partial charge is 0.436 e. The van der Waals surface area contributed by atoms with Gasteiger partial charge in [-0.25, -0.2) is 4.98 Å². The molecule has 0 atom stereocenters. The van der Waals surface area contributed by atoms with E-state index in [2.05, 4.69) is 20.4 Å². The number of hydrogen-bond donors (Lipinski definition) is 1. The van der Waals surface area contributed by atoms with Crippen molar-refractivity contribution in [2.24, 2.45) is 4.99 Å². The molecule has 35 heavy (non-hydrogen) atoms. The highest BCUT2D eigenvalue weighted by molar-refractivity contribution is 6.30. The maximum Gasteiger partial charge on any atom is 0.259 e. The Balaban J connectivity index is 1.63. The Morgan fingerprint density at radius 3 is 2.63 bits per heavy atom. The van der Waals surface area contributed by atoms with Gasteiger partial charge >= 0.3 is 0 Å². The van der Waals surface area contributed by atoms with Gasteiger partial charge in [0.1, 0.15) is 12.0 Å². The van der Waals surface area contributed by atoms with Gasteiger partial charge in [-0.15, -0.1) is 0 Å². The summed E-state index contributed by atoms with van der Waals surface area (Å²) in [5, 5.41) is 16.4. The fourth-order valence-corrected chi connectivity index (χ4v) is 3.44. The van der Waals surface area contributed by atoms with Crippen LogP contribution in [0.1, 0.15) is 24.5 Å². The zero-order valence-electron chi connectivity index (χ0n) is 18.8. The number of ether oxygens (including phenoxy) is 1. The van der Waals surface area contributed by atoms with E-state index in [1.807, 2.05) is 19.1 Å². The van der Waals surface area contributed by atoms with Crippen molar-refractivity contribution in [2.45, 2.75) is 26.3 Å². The lowest BCUT2D eigenvalue weighted by molar-refractivity contribution is 0.367. The predicted molar refractivity (Wildman–Crippen MR) is 132 cm³/mol. The second-order valence-corrected chi connectivity index (χ2v) is 7.96. The zero-order chi connectivity index (χ0) is 24.6. The van der Waals surface area contributed by atoms with E-state index in [0.29, 0.717) is 46.0 Å². The maximum atomic E-state index is 13.4. The van der Waals surface area contributed by atoms with E-state index >= 15 is 0 Å². The second kappa shape index (κ2) is 11.1. The molecule has 0 saturated heterocycles. The van der Waals surface area contributed by atoms with Gasteiger partial charge in [-0.3, -0.25) is 9.36 Å². The molecular weight excluding hydrogens is 468 g/mol. The summed E-state index contributed by atoms with van der Waals surface area (Å²) in [6, 6.07) is 16.0. The van der Waals surface area contributed by atoms with E-state index < -0.39 is 0 Å². The maximum absolute atomic E-state index is 13.4. The van der Waals surface area contributed by atoms with Gasteiger partial charge in [0, 0.05) is 40.7 Å². The first-order valence-electron chi connectivity index (χ1n) is 10.8. The van der Waals surface area contributed by atoms with Gasteiger partial charge in [0.15, 0.2) is 0 Å². The minimum absolute atomic E-state index is 0.220. The fourth-order valence-electron chi connectivity index (χ4n) is 3.32. The van der Waals surface area contributed by atoms with Crippen LogP contribution in [0.4, 0.5) is 11.6 Å². The van der Waals surface area contributed by atoms with E-state index in [4.69, 9.17) is 26.1 Å². The lowest BCUT2D eigenvalue weighted by atomic mass is 10.1. The van der Waals surface area contributed by atoms with Crippen LogP contribution in [0.25, 0.3) is 0 Å². The summed E-state index contributed by atoms with van der Waals surface area (Å²) < 4.78 is 11.9. The molecule has 0 aliphatic carbocycles. The number of rotatable bonds is 9. The topological polar surface area (TPSA) is 118 Å². The first-order chi connectivity index (χ1) is 17.1. The minimum atomic E-state index is -0.220. The monoisotopic (exact) mass is 488 g/mol. The number of nitrogens with zero attached hydrogens (tertiary/aromatic N) is 5. The summed E-state index contributed by atoms with van der Waals surface area (Å²) in [5.74, 6) is 1.30. The van der Waals surface area contributed by atoms with Gasteiger partial charge in [-0.05, 0) is 53.5 Å². The van der Waals surface area contributed by atoms with E-state index in [-0.39, 0.29) is 18.5 Å². The van der Waals surface area contributed by atoms with Gasteiger partial charge in [0.25, 0.3) is 11.4 Å². The number of nitriles is 1. The van der Waals surface area contributed by atoms with Crippen molar-refractivity contribution in [2.75, 3.05) is 5.32 Å². The van der Waals surface area contributed by atoms with Crippen LogP contribution in [-0.4, -0.2) is 20.4 Å². The molecule has 10 heteroatoms. The van der Waals surface area contributed by atoms with Crippen LogP contribution in [0.3, 0.4) is 0 Å². The second-order valence-electron chi connectivity index (χ2n) is 7.52. The van der Waals surface area contributed by atoms with Gasteiger partial charge < -0.3 is 14.6 Å². The third-order valence-electron chi connectivity index (χ3n) is 5.13. The van der Waals surface area contributed by atoms with Crippen molar-refractivity contribution in [1.29, 1.82) is 5.26 Å². The number of halogens is 1. The first kappa shape index (κ1) is 23.7. The summed E-state index contributed by atoms with van der Waals surface area (Å²) in [7, 11) is 0. The summed E-state index contributed by atoms with van der Waals surface area (Å²) in [6.45, 7) is 2.17. The molecule has 9 nitrogen and oxygen atoms in total. The Hall–Kier alpha value is -4.42. The van der Waals surface area contributed by atoms with Crippen LogP contribution in [0.15, 0.2) is 81.4 Å². The highest BCUT2D eigenvalue weighted by Crippen LogP contribution is 2.23. The lowest BCUT2D eigenvalue weighted by Crippen LogP contribution is -2.28. The molecule has 4 rings (SSSR count). The summed E-state index contributed by atoms with van der Waals surface area (Å²) in [6.07, 6.45) is 5.56. The smallest absolute Gasteiger partial charge is 0.259 e. The van der Waals surface area contributed by atoms with Gasteiger partial charge in [0.05, 0.1) is 6.54 Å². The molecule has 0 fully saturated rings. The van der Waals surface area contributed by atoms with E-state index in [1.54, 1.807) is 53.2 Å². The molecule has 1 N–H and O–H groups in total. The number of aliphatic imine (C=N–C) groups is 1. The van der Waals surface area contributed by atoms with Crippen molar-refractivity contribution in [1.82, 2.24) is 14.7 Å². The molecule has 0 unspecified atom stereocenters. The minimum Gasteiger partial charge on any atom is -0.436 e. The van der Waals surface area contributed by atoms with Crippen molar-refractivity contribution in [3.63, 3.8) is 0 Å². The average Bonchev–Trinajstić information content (AvgIpc) is 3.38. The van der Waals surface area contributed by atoms with Crippen LogP contribution in [0.2, 0.25) is 5.02 Å². The normalized spacial score (nSPS) is 11.2. The molecule has 2 aromatic heterocycles.